The van der Waals surface area contributed by atoms with Crippen LogP contribution in [0.15, 0.2) is 30.5 Å². The van der Waals surface area contributed by atoms with Crippen LogP contribution in [-0.2, 0) is 5.41 Å². The van der Waals surface area contributed by atoms with Crippen LogP contribution in [0.5, 0.6) is 0 Å². The molecule has 7 heteroatoms. The number of rotatable bonds is 6. The van der Waals surface area contributed by atoms with Crippen molar-refractivity contribution in [3.05, 3.63) is 46.6 Å². The van der Waals surface area contributed by atoms with Gasteiger partial charge in [0.05, 0.1) is 12.3 Å². The van der Waals surface area contributed by atoms with E-state index in [2.05, 4.69) is 40.5 Å². The number of nitrogens with one attached hydrogen (secondary N) is 2. The molecule has 148 valence electrons. The molecule has 2 aromatic rings. The minimum atomic E-state index is -0.353. The zero-order valence-corrected chi connectivity index (χ0v) is 17.4. The molecule has 0 bridgehead atoms. The zero-order valence-electron chi connectivity index (χ0n) is 16.6. The van der Waals surface area contributed by atoms with Gasteiger partial charge in [0.2, 0.25) is 5.95 Å². The SMILES string of the molecule is CC(C)(CNc1ncc(C#N)c(N[C@@H]2C[C@H](O)C2(C)C)n1)c1cccc(Cl)c1. The van der Waals surface area contributed by atoms with E-state index in [9.17, 15) is 10.4 Å². The van der Waals surface area contributed by atoms with Gasteiger partial charge in [0.15, 0.2) is 0 Å². The largest absolute Gasteiger partial charge is 0.392 e. The van der Waals surface area contributed by atoms with Gasteiger partial charge in [0.1, 0.15) is 17.5 Å². The fraction of sp³-hybridized carbons (Fsp3) is 0.476. The number of aliphatic hydroxyl groups excluding tert-OH is 1. The Morgan fingerprint density at radius 2 is 2.14 bits per heavy atom. The summed E-state index contributed by atoms with van der Waals surface area (Å²) in [5.74, 6) is 0.944. The Morgan fingerprint density at radius 1 is 1.39 bits per heavy atom. The Bertz CT molecular complexity index is 906. The second-order valence-electron chi connectivity index (χ2n) is 8.59. The summed E-state index contributed by atoms with van der Waals surface area (Å²) >= 11 is 6.12. The van der Waals surface area contributed by atoms with Gasteiger partial charge < -0.3 is 15.7 Å². The second-order valence-corrected chi connectivity index (χ2v) is 9.02. The standard InChI is InChI=1S/C21H26ClN5O/c1-20(2,14-6-5-7-15(22)8-14)12-25-19-24-11-13(10-23)18(27-19)26-16-9-17(28)21(16,3)4/h5-8,11,16-17,28H,9,12H2,1-4H3,(H2,24,25,26,27)/t16-,17+/m1/s1. The first-order valence-corrected chi connectivity index (χ1v) is 9.73. The number of hydrogen-bond acceptors (Lipinski definition) is 6. The minimum Gasteiger partial charge on any atom is -0.392 e. The summed E-state index contributed by atoms with van der Waals surface area (Å²) in [5.41, 5.74) is 1.05. The molecule has 2 atom stereocenters. The summed E-state index contributed by atoms with van der Waals surface area (Å²) in [7, 11) is 0. The van der Waals surface area contributed by atoms with Gasteiger partial charge in [-0.3, -0.25) is 0 Å². The number of hydrogen-bond donors (Lipinski definition) is 3. The summed E-state index contributed by atoms with van der Waals surface area (Å²) in [6.45, 7) is 8.84. The predicted molar refractivity (Wildman–Crippen MR) is 112 cm³/mol. The highest BCUT2D eigenvalue weighted by Gasteiger charge is 2.47. The third kappa shape index (κ3) is 4.06. The van der Waals surface area contributed by atoms with Gasteiger partial charge >= 0.3 is 0 Å². The van der Waals surface area contributed by atoms with E-state index in [0.717, 1.165) is 5.56 Å². The van der Waals surface area contributed by atoms with Crippen LogP contribution in [0.3, 0.4) is 0 Å². The van der Waals surface area contributed by atoms with E-state index in [0.29, 0.717) is 35.3 Å². The molecule has 0 saturated heterocycles. The molecule has 1 heterocycles. The third-order valence-electron chi connectivity index (χ3n) is 5.73. The first-order valence-electron chi connectivity index (χ1n) is 9.35. The van der Waals surface area contributed by atoms with E-state index in [1.165, 1.54) is 6.20 Å². The number of aliphatic hydroxyl groups is 1. The molecule has 0 unspecified atom stereocenters. The first-order chi connectivity index (χ1) is 13.1. The van der Waals surface area contributed by atoms with Crippen molar-refractivity contribution < 1.29 is 5.11 Å². The van der Waals surface area contributed by atoms with E-state index >= 15 is 0 Å². The molecule has 3 rings (SSSR count). The molecule has 3 N–H and O–H groups in total. The van der Waals surface area contributed by atoms with E-state index in [1.807, 2.05) is 38.1 Å². The Hall–Kier alpha value is -2.36. The molecule has 28 heavy (non-hydrogen) atoms. The number of nitrogens with zero attached hydrogens (tertiary/aromatic N) is 3. The molecule has 1 saturated carbocycles. The van der Waals surface area contributed by atoms with Crippen molar-refractivity contribution in [3.8, 4) is 6.07 Å². The van der Waals surface area contributed by atoms with Crippen molar-refractivity contribution in [2.45, 2.75) is 51.7 Å². The van der Waals surface area contributed by atoms with Crippen molar-refractivity contribution in [1.29, 1.82) is 5.26 Å². The fourth-order valence-corrected chi connectivity index (χ4v) is 3.47. The number of aromatic nitrogens is 2. The Labute approximate surface area is 171 Å². The highest BCUT2D eigenvalue weighted by Crippen LogP contribution is 2.42. The van der Waals surface area contributed by atoms with E-state index < -0.39 is 0 Å². The van der Waals surface area contributed by atoms with E-state index in [1.54, 1.807) is 0 Å². The van der Waals surface area contributed by atoms with Crippen LogP contribution in [0.1, 0.15) is 45.2 Å². The van der Waals surface area contributed by atoms with Crippen molar-refractivity contribution >= 4 is 23.4 Å². The van der Waals surface area contributed by atoms with Crippen LogP contribution < -0.4 is 10.6 Å². The molecular weight excluding hydrogens is 374 g/mol. The molecule has 0 amide bonds. The summed E-state index contributed by atoms with van der Waals surface area (Å²) < 4.78 is 0. The maximum absolute atomic E-state index is 9.95. The molecule has 0 aliphatic heterocycles. The molecule has 6 nitrogen and oxygen atoms in total. The number of nitriles is 1. The Morgan fingerprint density at radius 3 is 2.75 bits per heavy atom. The lowest BCUT2D eigenvalue weighted by Crippen LogP contribution is -2.57. The molecule has 0 radical (unpaired) electrons. The number of benzene rings is 1. The molecule has 1 aromatic carbocycles. The second kappa shape index (κ2) is 7.57. The monoisotopic (exact) mass is 399 g/mol. The van der Waals surface area contributed by atoms with Gasteiger partial charge in [-0.15, -0.1) is 0 Å². The van der Waals surface area contributed by atoms with Crippen LogP contribution >= 0.6 is 11.6 Å². The highest BCUT2D eigenvalue weighted by atomic mass is 35.5. The molecule has 1 aliphatic rings. The van der Waals surface area contributed by atoms with Crippen molar-refractivity contribution in [2.75, 3.05) is 17.2 Å². The smallest absolute Gasteiger partial charge is 0.224 e. The molecule has 1 fully saturated rings. The molecular formula is C21H26ClN5O. The lowest BCUT2D eigenvalue weighted by atomic mass is 9.64. The van der Waals surface area contributed by atoms with Gasteiger partial charge in [-0.1, -0.05) is 51.4 Å². The molecule has 1 aliphatic carbocycles. The summed E-state index contributed by atoms with van der Waals surface area (Å²) in [6.07, 6.45) is 1.80. The van der Waals surface area contributed by atoms with Gasteiger partial charge in [0, 0.05) is 28.4 Å². The quantitative estimate of drug-likeness (QED) is 0.680. The first kappa shape index (κ1) is 20.4. The van der Waals surface area contributed by atoms with Gasteiger partial charge in [-0.25, -0.2) is 4.98 Å². The lowest BCUT2D eigenvalue weighted by molar-refractivity contribution is -0.0511. The van der Waals surface area contributed by atoms with Crippen LogP contribution in [0.2, 0.25) is 5.02 Å². The Balaban J connectivity index is 1.74. The van der Waals surface area contributed by atoms with Gasteiger partial charge in [-0.05, 0) is 24.1 Å². The average Bonchev–Trinajstić information content (AvgIpc) is 2.66. The van der Waals surface area contributed by atoms with E-state index in [-0.39, 0.29) is 23.0 Å². The van der Waals surface area contributed by atoms with Crippen molar-refractivity contribution in [2.24, 2.45) is 5.41 Å². The summed E-state index contributed by atoms with van der Waals surface area (Å²) in [5, 5.41) is 26.6. The third-order valence-corrected chi connectivity index (χ3v) is 5.97. The highest BCUT2D eigenvalue weighted by molar-refractivity contribution is 6.30. The van der Waals surface area contributed by atoms with Crippen molar-refractivity contribution in [3.63, 3.8) is 0 Å². The summed E-state index contributed by atoms with van der Waals surface area (Å²) in [4.78, 5) is 8.77. The fourth-order valence-electron chi connectivity index (χ4n) is 3.28. The zero-order chi connectivity index (χ0) is 20.5. The lowest BCUT2D eigenvalue weighted by Gasteiger charge is -2.49. The molecule has 0 spiro atoms. The van der Waals surface area contributed by atoms with Gasteiger partial charge in [-0.2, -0.15) is 10.2 Å². The summed E-state index contributed by atoms with van der Waals surface area (Å²) in [6, 6.07) is 9.98. The predicted octanol–water partition coefficient (Wildman–Crippen LogP) is 3.96. The van der Waals surface area contributed by atoms with Crippen LogP contribution in [0.4, 0.5) is 11.8 Å². The van der Waals surface area contributed by atoms with E-state index in [4.69, 9.17) is 11.6 Å². The topological polar surface area (TPSA) is 93.9 Å². The maximum Gasteiger partial charge on any atom is 0.224 e. The van der Waals surface area contributed by atoms with Gasteiger partial charge in [0.25, 0.3) is 0 Å². The van der Waals surface area contributed by atoms with Crippen LogP contribution in [0, 0.1) is 16.7 Å². The minimum absolute atomic E-state index is 0.0558. The number of halogens is 1. The van der Waals surface area contributed by atoms with Crippen molar-refractivity contribution in [1.82, 2.24) is 9.97 Å². The number of anilines is 2. The average molecular weight is 400 g/mol. The van der Waals surface area contributed by atoms with Crippen LogP contribution in [0.25, 0.3) is 0 Å². The van der Waals surface area contributed by atoms with Crippen LogP contribution in [-0.4, -0.2) is 33.8 Å². The normalized spacial score (nSPS) is 20.8. The Kier molecular flexibility index (Phi) is 5.51. The molecule has 1 aromatic heterocycles. The maximum atomic E-state index is 9.95.